The Morgan fingerprint density at radius 2 is 2.36 bits per heavy atom. The van der Waals surface area contributed by atoms with Crippen LogP contribution in [0.2, 0.25) is 0 Å². The van der Waals surface area contributed by atoms with E-state index in [1.54, 1.807) is 0 Å². The van der Waals surface area contributed by atoms with Crippen LogP contribution in [0.5, 0.6) is 0 Å². The van der Waals surface area contributed by atoms with Crippen LogP contribution in [0, 0.1) is 0 Å². The lowest BCUT2D eigenvalue weighted by molar-refractivity contribution is -0.0277. The summed E-state index contributed by atoms with van der Waals surface area (Å²) in [5, 5.41) is 7.85. The van der Waals surface area contributed by atoms with E-state index in [0.717, 1.165) is 44.2 Å². The van der Waals surface area contributed by atoms with E-state index >= 15 is 0 Å². The van der Waals surface area contributed by atoms with Crippen LogP contribution in [0.15, 0.2) is 0 Å². The first kappa shape index (κ1) is 8.26. The Morgan fingerprint density at radius 3 is 3.00 bits per heavy atom. The predicted molar refractivity (Wildman–Crippen MR) is 51.9 cm³/mol. The van der Waals surface area contributed by atoms with E-state index in [-0.39, 0.29) is 0 Å². The van der Waals surface area contributed by atoms with Crippen molar-refractivity contribution in [1.82, 2.24) is 15.1 Å². The van der Waals surface area contributed by atoms with Crippen LogP contribution in [-0.2, 0) is 17.7 Å². The van der Waals surface area contributed by atoms with Crippen molar-refractivity contribution in [1.29, 1.82) is 0 Å². The minimum Gasteiger partial charge on any atom is -0.384 e. The minimum absolute atomic E-state index is 0.362. The summed E-state index contributed by atoms with van der Waals surface area (Å²) in [5.41, 5.74) is 8.38. The highest BCUT2D eigenvalue weighted by Crippen LogP contribution is 2.26. The maximum atomic E-state index is 6.04. The van der Waals surface area contributed by atoms with E-state index in [1.165, 1.54) is 5.56 Å². The van der Waals surface area contributed by atoms with Gasteiger partial charge in [0.25, 0.3) is 0 Å². The van der Waals surface area contributed by atoms with Crippen molar-refractivity contribution in [2.45, 2.75) is 19.0 Å². The van der Waals surface area contributed by atoms with Gasteiger partial charge in [-0.15, -0.1) is 0 Å². The molecular formula is C9H14N4O. The van der Waals surface area contributed by atoms with Crippen LogP contribution in [0.1, 0.15) is 17.3 Å². The molecule has 1 fully saturated rings. The standard InChI is InChI=1S/C9H14N4O/c10-9-7-3-11-2-1-8(7)12-13(9)6-4-14-5-6/h6,11H,1-5,10H2. The molecule has 2 aliphatic heterocycles. The molecule has 76 valence electrons. The topological polar surface area (TPSA) is 65.1 Å². The fraction of sp³-hybridized carbons (Fsp3) is 0.667. The molecule has 0 atom stereocenters. The van der Waals surface area contributed by atoms with Crippen molar-refractivity contribution in [3.05, 3.63) is 11.3 Å². The first-order valence-corrected chi connectivity index (χ1v) is 5.00. The highest BCUT2D eigenvalue weighted by Gasteiger charge is 2.27. The monoisotopic (exact) mass is 194 g/mol. The van der Waals surface area contributed by atoms with E-state index in [1.807, 2.05) is 4.68 Å². The number of nitrogens with one attached hydrogen (secondary N) is 1. The molecule has 0 aromatic carbocycles. The van der Waals surface area contributed by atoms with Gasteiger partial charge in [0.2, 0.25) is 0 Å². The molecule has 0 bridgehead atoms. The minimum atomic E-state index is 0.362. The third kappa shape index (κ3) is 1.06. The van der Waals surface area contributed by atoms with Crippen LogP contribution < -0.4 is 11.1 Å². The number of ether oxygens (including phenoxy) is 1. The van der Waals surface area contributed by atoms with Crippen molar-refractivity contribution in [3.8, 4) is 0 Å². The molecule has 1 aromatic rings. The largest absolute Gasteiger partial charge is 0.384 e. The number of hydrogen-bond donors (Lipinski definition) is 2. The fourth-order valence-electron chi connectivity index (χ4n) is 1.99. The van der Waals surface area contributed by atoms with E-state index in [2.05, 4.69) is 10.4 Å². The van der Waals surface area contributed by atoms with Crippen molar-refractivity contribution in [3.63, 3.8) is 0 Å². The maximum Gasteiger partial charge on any atom is 0.127 e. The zero-order valence-electron chi connectivity index (χ0n) is 7.99. The molecule has 3 rings (SSSR count). The summed E-state index contributed by atoms with van der Waals surface area (Å²) in [5.74, 6) is 0.820. The molecule has 14 heavy (non-hydrogen) atoms. The maximum absolute atomic E-state index is 6.04. The summed E-state index contributed by atoms with van der Waals surface area (Å²) >= 11 is 0. The molecule has 1 saturated heterocycles. The van der Waals surface area contributed by atoms with Gasteiger partial charge in [-0.25, -0.2) is 4.68 Å². The lowest BCUT2D eigenvalue weighted by Gasteiger charge is -2.27. The van der Waals surface area contributed by atoms with Gasteiger partial charge < -0.3 is 15.8 Å². The number of rotatable bonds is 1. The van der Waals surface area contributed by atoms with Gasteiger partial charge in [-0.1, -0.05) is 0 Å². The summed E-state index contributed by atoms with van der Waals surface area (Å²) in [7, 11) is 0. The lowest BCUT2D eigenvalue weighted by atomic mass is 10.1. The normalized spacial score (nSPS) is 21.7. The van der Waals surface area contributed by atoms with Gasteiger partial charge in [-0.05, 0) is 0 Å². The number of anilines is 1. The van der Waals surface area contributed by atoms with Gasteiger partial charge in [0.1, 0.15) is 11.9 Å². The molecule has 3 heterocycles. The Balaban J connectivity index is 2.00. The van der Waals surface area contributed by atoms with Crippen LogP contribution >= 0.6 is 0 Å². The summed E-state index contributed by atoms with van der Waals surface area (Å²) in [6.45, 7) is 3.36. The molecule has 0 radical (unpaired) electrons. The highest BCUT2D eigenvalue weighted by atomic mass is 16.5. The number of fused-ring (bicyclic) bond motifs is 1. The third-order valence-corrected chi connectivity index (χ3v) is 2.94. The first-order valence-electron chi connectivity index (χ1n) is 5.00. The van der Waals surface area contributed by atoms with Crippen LogP contribution in [0.25, 0.3) is 0 Å². The number of hydrogen-bond acceptors (Lipinski definition) is 4. The third-order valence-electron chi connectivity index (χ3n) is 2.94. The Labute approximate surface area is 82.2 Å². The van der Waals surface area contributed by atoms with Gasteiger partial charge in [0, 0.05) is 25.1 Å². The second kappa shape index (κ2) is 2.96. The molecule has 1 aromatic heterocycles. The second-order valence-corrected chi connectivity index (χ2v) is 3.87. The molecule has 0 aliphatic carbocycles. The fourth-order valence-corrected chi connectivity index (χ4v) is 1.99. The van der Waals surface area contributed by atoms with Crippen molar-refractivity contribution in [2.24, 2.45) is 0 Å². The molecule has 0 amide bonds. The number of nitrogen functional groups attached to an aromatic ring is 1. The Bertz CT molecular complexity index is 356. The van der Waals surface area contributed by atoms with Crippen molar-refractivity contribution < 1.29 is 4.74 Å². The number of nitrogens with two attached hydrogens (primary N) is 1. The van der Waals surface area contributed by atoms with Crippen molar-refractivity contribution in [2.75, 3.05) is 25.5 Å². The molecule has 5 heteroatoms. The van der Waals surface area contributed by atoms with Crippen LogP contribution in [0.3, 0.4) is 0 Å². The second-order valence-electron chi connectivity index (χ2n) is 3.87. The Hall–Kier alpha value is -1.07. The highest BCUT2D eigenvalue weighted by molar-refractivity contribution is 5.45. The van der Waals surface area contributed by atoms with Gasteiger partial charge >= 0.3 is 0 Å². The van der Waals surface area contributed by atoms with Gasteiger partial charge in [0.05, 0.1) is 18.9 Å². The van der Waals surface area contributed by atoms with E-state index in [0.29, 0.717) is 6.04 Å². The summed E-state index contributed by atoms with van der Waals surface area (Å²) in [4.78, 5) is 0. The number of aromatic nitrogens is 2. The summed E-state index contributed by atoms with van der Waals surface area (Å²) in [6, 6.07) is 0.362. The zero-order chi connectivity index (χ0) is 9.54. The summed E-state index contributed by atoms with van der Waals surface area (Å²) in [6.07, 6.45) is 0.986. The molecule has 0 spiro atoms. The smallest absolute Gasteiger partial charge is 0.127 e. The number of nitrogens with zero attached hydrogens (tertiary/aromatic N) is 2. The average molecular weight is 194 g/mol. The van der Waals surface area contributed by atoms with Crippen LogP contribution in [0.4, 0.5) is 5.82 Å². The summed E-state index contributed by atoms with van der Waals surface area (Å²) < 4.78 is 7.08. The quantitative estimate of drug-likeness (QED) is 0.643. The molecule has 0 saturated carbocycles. The molecule has 0 unspecified atom stereocenters. The van der Waals surface area contributed by atoms with Gasteiger partial charge in [-0.2, -0.15) is 5.10 Å². The van der Waals surface area contributed by atoms with Gasteiger partial charge in [0.15, 0.2) is 0 Å². The first-order chi connectivity index (χ1) is 6.86. The van der Waals surface area contributed by atoms with E-state index in [4.69, 9.17) is 10.5 Å². The molecule has 2 aliphatic rings. The predicted octanol–water partition coefficient (Wildman–Crippen LogP) is -0.318. The zero-order valence-corrected chi connectivity index (χ0v) is 7.99. The molecule has 5 nitrogen and oxygen atoms in total. The Kier molecular flexibility index (Phi) is 1.75. The molecule has 3 N–H and O–H groups in total. The van der Waals surface area contributed by atoms with E-state index < -0.39 is 0 Å². The van der Waals surface area contributed by atoms with Gasteiger partial charge in [-0.3, -0.25) is 0 Å². The van der Waals surface area contributed by atoms with Crippen LogP contribution in [-0.4, -0.2) is 29.5 Å². The van der Waals surface area contributed by atoms with Crippen molar-refractivity contribution >= 4 is 5.82 Å². The Morgan fingerprint density at radius 1 is 1.50 bits per heavy atom. The average Bonchev–Trinajstić information content (AvgIpc) is 2.43. The van der Waals surface area contributed by atoms with E-state index in [9.17, 15) is 0 Å². The molecular weight excluding hydrogens is 180 g/mol. The SMILES string of the molecule is Nc1c2c(nn1C1COC1)CCNC2. The lowest BCUT2D eigenvalue weighted by Crippen LogP contribution is -2.32.